The van der Waals surface area contributed by atoms with Crippen LogP contribution in [0.3, 0.4) is 0 Å². The SMILES string of the molecule is CCc1[nH]n(-c2ccc(C)cc2)c(=O)c1CCO. The highest BCUT2D eigenvalue weighted by atomic mass is 16.3. The summed E-state index contributed by atoms with van der Waals surface area (Å²) in [5.74, 6) is 0. The van der Waals surface area contributed by atoms with Gasteiger partial charge in [0.1, 0.15) is 0 Å². The van der Waals surface area contributed by atoms with Gasteiger partial charge in [-0.25, -0.2) is 4.68 Å². The first-order valence-corrected chi connectivity index (χ1v) is 6.18. The Morgan fingerprint density at radius 3 is 2.50 bits per heavy atom. The summed E-state index contributed by atoms with van der Waals surface area (Å²) in [6.45, 7) is 4.00. The van der Waals surface area contributed by atoms with Crippen LogP contribution >= 0.6 is 0 Å². The minimum absolute atomic E-state index is 0.00596. The molecule has 4 heteroatoms. The first-order valence-electron chi connectivity index (χ1n) is 6.18. The summed E-state index contributed by atoms with van der Waals surface area (Å²) < 4.78 is 1.54. The van der Waals surface area contributed by atoms with Gasteiger partial charge in [0, 0.05) is 24.3 Å². The molecule has 0 unspecified atom stereocenters. The summed E-state index contributed by atoms with van der Waals surface area (Å²) >= 11 is 0. The van der Waals surface area contributed by atoms with E-state index in [-0.39, 0.29) is 12.2 Å². The Morgan fingerprint density at radius 2 is 1.94 bits per heavy atom. The van der Waals surface area contributed by atoms with E-state index in [2.05, 4.69) is 5.10 Å². The van der Waals surface area contributed by atoms with E-state index in [1.54, 1.807) is 4.68 Å². The van der Waals surface area contributed by atoms with E-state index in [1.807, 2.05) is 38.1 Å². The van der Waals surface area contributed by atoms with Gasteiger partial charge in [-0.05, 0) is 25.5 Å². The molecular formula is C14H18N2O2. The Balaban J connectivity index is 2.52. The number of H-pyrrole nitrogens is 1. The fourth-order valence-corrected chi connectivity index (χ4v) is 2.05. The molecule has 0 atom stereocenters. The second kappa shape index (κ2) is 5.23. The molecule has 1 aromatic heterocycles. The molecule has 2 rings (SSSR count). The van der Waals surface area contributed by atoms with Crippen molar-refractivity contribution in [2.24, 2.45) is 0 Å². The maximum absolute atomic E-state index is 12.2. The zero-order valence-electron chi connectivity index (χ0n) is 10.7. The van der Waals surface area contributed by atoms with Crippen molar-refractivity contribution in [3.63, 3.8) is 0 Å². The van der Waals surface area contributed by atoms with Crippen LogP contribution in [0, 0.1) is 6.92 Å². The molecule has 0 fully saturated rings. The summed E-state index contributed by atoms with van der Waals surface area (Å²) in [6.07, 6.45) is 1.15. The van der Waals surface area contributed by atoms with Gasteiger partial charge in [0.15, 0.2) is 0 Å². The Hall–Kier alpha value is -1.81. The Kier molecular flexibility index (Phi) is 3.67. The number of hydrogen-bond acceptors (Lipinski definition) is 2. The fraction of sp³-hybridized carbons (Fsp3) is 0.357. The van der Waals surface area contributed by atoms with Gasteiger partial charge in [-0.1, -0.05) is 24.6 Å². The van der Waals surface area contributed by atoms with Crippen molar-refractivity contribution < 1.29 is 5.11 Å². The number of nitrogens with zero attached hydrogens (tertiary/aromatic N) is 1. The Morgan fingerprint density at radius 1 is 1.28 bits per heavy atom. The normalized spacial score (nSPS) is 10.8. The zero-order valence-corrected chi connectivity index (χ0v) is 10.7. The van der Waals surface area contributed by atoms with Gasteiger partial charge in [0.25, 0.3) is 5.56 Å². The van der Waals surface area contributed by atoms with Crippen LogP contribution in [0.4, 0.5) is 0 Å². The monoisotopic (exact) mass is 246 g/mol. The van der Waals surface area contributed by atoms with Crippen molar-refractivity contribution in [2.45, 2.75) is 26.7 Å². The topological polar surface area (TPSA) is 58.0 Å². The maximum Gasteiger partial charge on any atom is 0.274 e. The summed E-state index contributed by atoms with van der Waals surface area (Å²) in [6, 6.07) is 7.77. The molecule has 2 N–H and O–H groups in total. The second-order valence-corrected chi connectivity index (χ2v) is 4.37. The number of hydrogen-bond donors (Lipinski definition) is 2. The second-order valence-electron chi connectivity index (χ2n) is 4.37. The molecule has 1 aromatic carbocycles. The van der Waals surface area contributed by atoms with Crippen LogP contribution in [0.25, 0.3) is 5.69 Å². The number of aryl methyl sites for hydroxylation is 2. The smallest absolute Gasteiger partial charge is 0.274 e. The first-order chi connectivity index (χ1) is 8.67. The lowest BCUT2D eigenvalue weighted by molar-refractivity contribution is 0.299. The van der Waals surface area contributed by atoms with E-state index in [9.17, 15) is 4.79 Å². The van der Waals surface area contributed by atoms with Crippen LogP contribution in [-0.4, -0.2) is 21.5 Å². The highest BCUT2D eigenvalue weighted by Gasteiger charge is 2.13. The summed E-state index contributed by atoms with van der Waals surface area (Å²) in [7, 11) is 0. The summed E-state index contributed by atoms with van der Waals surface area (Å²) in [4.78, 5) is 12.2. The molecule has 1 heterocycles. The number of aromatic nitrogens is 2. The Labute approximate surface area is 106 Å². The fourth-order valence-electron chi connectivity index (χ4n) is 2.05. The number of rotatable bonds is 4. The van der Waals surface area contributed by atoms with E-state index >= 15 is 0 Å². The highest BCUT2D eigenvalue weighted by Crippen LogP contribution is 2.10. The number of aromatic amines is 1. The third-order valence-electron chi connectivity index (χ3n) is 3.08. The van der Waals surface area contributed by atoms with Gasteiger partial charge in [0.2, 0.25) is 0 Å². The van der Waals surface area contributed by atoms with Crippen LogP contribution < -0.4 is 5.56 Å². The van der Waals surface area contributed by atoms with E-state index in [4.69, 9.17) is 5.11 Å². The Bertz CT molecular complexity index is 579. The number of benzene rings is 1. The van der Waals surface area contributed by atoms with Gasteiger partial charge in [-0.2, -0.15) is 0 Å². The molecule has 0 bridgehead atoms. The van der Waals surface area contributed by atoms with Gasteiger partial charge in [0.05, 0.1) is 5.69 Å². The van der Waals surface area contributed by atoms with Crippen molar-refractivity contribution >= 4 is 0 Å². The zero-order chi connectivity index (χ0) is 13.1. The van der Waals surface area contributed by atoms with Crippen molar-refractivity contribution in [2.75, 3.05) is 6.61 Å². The highest BCUT2D eigenvalue weighted by molar-refractivity contribution is 5.35. The van der Waals surface area contributed by atoms with Crippen LogP contribution in [0.5, 0.6) is 0 Å². The number of aliphatic hydroxyl groups is 1. The lowest BCUT2D eigenvalue weighted by atomic mass is 10.1. The number of aliphatic hydroxyl groups excluding tert-OH is 1. The third-order valence-corrected chi connectivity index (χ3v) is 3.08. The minimum Gasteiger partial charge on any atom is -0.396 e. The molecule has 0 radical (unpaired) electrons. The molecular weight excluding hydrogens is 228 g/mol. The van der Waals surface area contributed by atoms with E-state index < -0.39 is 0 Å². The quantitative estimate of drug-likeness (QED) is 0.860. The van der Waals surface area contributed by atoms with Crippen molar-refractivity contribution in [1.29, 1.82) is 0 Å². The molecule has 96 valence electrons. The average molecular weight is 246 g/mol. The van der Waals surface area contributed by atoms with Crippen molar-refractivity contribution in [3.8, 4) is 5.69 Å². The molecule has 0 amide bonds. The summed E-state index contributed by atoms with van der Waals surface area (Å²) in [5, 5.41) is 12.1. The number of nitrogens with one attached hydrogen (secondary N) is 1. The molecule has 0 aliphatic heterocycles. The van der Waals surface area contributed by atoms with Crippen molar-refractivity contribution in [1.82, 2.24) is 9.78 Å². The maximum atomic E-state index is 12.2. The van der Waals surface area contributed by atoms with Gasteiger partial charge < -0.3 is 5.11 Å². The van der Waals surface area contributed by atoms with Crippen molar-refractivity contribution in [3.05, 3.63) is 51.4 Å². The van der Waals surface area contributed by atoms with E-state index in [0.29, 0.717) is 12.0 Å². The van der Waals surface area contributed by atoms with Crippen LogP contribution in [0.1, 0.15) is 23.7 Å². The predicted molar refractivity (Wildman–Crippen MR) is 71.3 cm³/mol. The first kappa shape index (κ1) is 12.6. The lowest BCUT2D eigenvalue weighted by Gasteiger charge is -2.01. The largest absolute Gasteiger partial charge is 0.396 e. The standard InChI is InChI=1S/C14H18N2O2/c1-3-13-12(8-9-17)14(18)16(15-13)11-6-4-10(2)5-7-11/h4-7,15,17H,3,8-9H2,1-2H3. The molecule has 2 aromatic rings. The minimum atomic E-state index is -0.0650. The molecule has 4 nitrogen and oxygen atoms in total. The van der Waals surface area contributed by atoms with Crippen LogP contribution in [-0.2, 0) is 12.8 Å². The predicted octanol–water partition coefficient (Wildman–Crippen LogP) is 1.57. The lowest BCUT2D eigenvalue weighted by Crippen LogP contribution is -2.18. The molecule has 0 aliphatic rings. The summed E-state index contributed by atoms with van der Waals surface area (Å²) in [5.41, 5.74) is 3.49. The van der Waals surface area contributed by atoms with Gasteiger partial charge in [-0.15, -0.1) is 0 Å². The molecule has 0 spiro atoms. The van der Waals surface area contributed by atoms with E-state index in [0.717, 1.165) is 23.4 Å². The molecule has 0 saturated carbocycles. The van der Waals surface area contributed by atoms with Crippen LogP contribution in [0.15, 0.2) is 29.1 Å². The van der Waals surface area contributed by atoms with E-state index in [1.165, 1.54) is 0 Å². The third kappa shape index (κ3) is 2.24. The molecule has 0 saturated heterocycles. The van der Waals surface area contributed by atoms with Crippen LogP contribution in [0.2, 0.25) is 0 Å². The average Bonchev–Trinajstić information content (AvgIpc) is 2.69. The van der Waals surface area contributed by atoms with Gasteiger partial charge >= 0.3 is 0 Å². The molecule has 18 heavy (non-hydrogen) atoms. The van der Waals surface area contributed by atoms with Gasteiger partial charge in [-0.3, -0.25) is 9.89 Å². The molecule has 0 aliphatic carbocycles.